The van der Waals surface area contributed by atoms with Crippen LogP contribution in [0.15, 0.2) is 47.2 Å². The predicted molar refractivity (Wildman–Crippen MR) is 81.4 cm³/mol. The van der Waals surface area contributed by atoms with Gasteiger partial charge < -0.3 is 13.9 Å². The van der Waals surface area contributed by atoms with Gasteiger partial charge >= 0.3 is 0 Å². The summed E-state index contributed by atoms with van der Waals surface area (Å²) >= 11 is 3.51. The number of methoxy groups -OCH3 is 2. The zero-order valence-electron chi connectivity index (χ0n) is 11.1. The monoisotopic (exact) mass is 332 g/mol. The molecule has 0 aliphatic heterocycles. The standard InChI is InChI=1S/C15H13BrN2O2/c1-19-10-5-6-14(20-2)11(8-10)13-9-18-7-3-4-12(16)15(18)17-13/h3-9H,1-2H3. The minimum absolute atomic E-state index is 0.769. The van der Waals surface area contributed by atoms with Crippen molar-refractivity contribution < 1.29 is 9.47 Å². The van der Waals surface area contributed by atoms with Crippen molar-refractivity contribution in [2.45, 2.75) is 0 Å². The number of halogens is 1. The summed E-state index contributed by atoms with van der Waals surface area (Å²) in [6, 6.07) is 9.61. The molecular weight excluding hydrogens is 320 g/mol. The zero-order chi connectivity index (χ0) is 14.1. The first-order chi connectivity index (χ1) is 9.72. The second-order valence-corrected chi connectivity index (χ2v) is 5.13. The minimum Gasteiger partial charge on any atom is -0.497 e. The number of hydrogen-bond acceptors (Lipinski definition) is 3. The van der Waals surface area contributed by atoms with E-state index in [2.05, 4.69) is 20.9 Å². The molecule has 20 heavy (non-hydrogen) atoms. The normalized spacial score (nSPS) is 10.8. The first-order valence-corrected chi connectivity index (χ1v) is 6.88. The number of fused-ring (bicyclic) bond motifs is 1. The summed E-state index contributed by atoms with van der Waals surface area (Å²) in [5, 5.41) is 0. The van der Waals surface area contributed by atoms with Crippen LogP contribution in [0.3, 0.4) is 0 Å². The third-order valence-electron chi connectivity index (χ3n) is 3.12. The van der Waals surface area contributed by atoms with Gasteiger partial charge in [-0.05, 0) is 46.3 Å². The molecule has 3 aromatic rings. The van der Waals surface area contributed by atoms with Gasteiger partial charge in [0.1, 0.15) is 11.5 Å². The number of aromatic nitrogens is 2. The van der Waals surface area contributed by atoms with Crippen molar-refractivity contribution in [3.05, 3.63) is 47.2 Å². The molecule has 0 spiro atoms. The van der Waals surface area contributed by atoms with Crippen molar-refractivity contribution in [3.63, 3.8) is 0 Å². The van der Waals surface area contributed by atoms with Gasteiger partial charge in [0, 0.05) is 18.0 Å². The maximum Gasteiger partial charge on any atom is 0.151 e. The van der Waals surface area contributed by atoms with E-state index in [1.165, 1.54) is 0 Å². The second kappa shape index (κ2) is 5.17. The van der Waals surface area contributed by atoms with Crippen LogP contribution >= 0.6 is 15.9 Å². The lowest BCUT2D eigenvalue weighted by atomic mass is 10.1. The van der Waals surface area contributed by atoms with Crippen molar-refractivity contribution in [3.8, 4) is 22.8 Å². The van der Waals surface area contributed by atoms with Gasteiger partial charge in [-0.25, -0.2) is 4.98 Å². The summed E-state index contributed by atoms with van der Waals surface area (Å²) < 4.78 is 13.6. The van der Waals surface area contributed by atoms with Crippen LogP contribution in [0.4, 0.5) is 0 Å². The molecule has 0 amide bonds. The molecule has 0 unspecified atom stereocenters. The van der Waals surface area contributed by atoms with Crippen molar-refractivity contribution in [1.82, 2.24) is 9.38 Å². The molecule has 5 heteroatoms. The van der Waals surface area contributed by atoms with Gasteiger partial charge in [-0.3, -0.25) is 0 Å². The van der Waals surface area contributed by atoms with Gasteiger partial charge in [-0.1, -0.05) is 0 Å². The summed E-state index contributed by atoms with van der Waals surface area (Å²) in [6.07, 6.45) is 3.93. The van der Waals surface area contributed by atoms with Gasteiger partial charge in [0.05, 0.1) is 24.4 Å². The molecule has 0 radical (unpaired) electrons. The Hall–Kier alpha value is -2.01. The molecule has 0 atom stereocenters. The van der Waals surface area contributed by atoms with Crippen LogP contribution in [0, 0.1) is 0 Å². The fraction of sp³-hybridized carbons (Fsp3) is 0.133. The van der Waals surface area contributed by atoms with E-state index in [0.29, 0.717) is 0 Å². The third-order valence-corrected chi connectivity index (χ3v) is 3.74. The largest absolute Gasteiger partial charge is 0.497 e. The Morgan fingerprint density at radius 1 is 1.15 bits per heavy atom. The lowest BCUT2D eigenvalue weighted by Gasteiger charge is -2.08. The molecule has 3 rings (SSSR count). The highest BCUT2D eigenvalue weighted by Crippen LogP contribution is 2.33. The Morgan fingerprint density at radius 3 is 2.70 bits per heavy atom. The van der Waals surface area contributed by atoms with Crippen LogP contribution in [-0.2, 0) is 0 Å². The van der Waals surface area contributed by atoms with Crippen molar-refractivity contribution in [2.75, 3.05) is 14.2 Å². The quantitative estimate of drug-likeness (QED) is 0.732. The van der Waals surface area contributed by atoms with Gasteiger partial charge in [0.25, 0.3) is 0 Å². The summed E-state index contributed by atoms with van der Waals surface area (Å²) in [4.78, 5) is 4.65. The van der Waals surface area contributed by atoms with Crippen LogP contribution < -0.4 is 9.47 Å². The average Bonchev–Trinajstić information content (AvgIpc) is 2.92. The first-order valence-electron chi connectivity index (χ1n) is 6.08. The summed E-state index contributed by atoms with van der Waals surface area (Å²) in [5.74, 6) is 1.54. The topological polar surface area (TPSA) is 35.8 Å². The van der Waals surface area contributed by atoms with E-state index in [1.807, 2.05) is 47.1 Å². The molecule has 0 N–H and O–H groups in total. The molecule has 2 aromatic heterocycles. The number of benzene rings is 1. The summed E-state index contributed by atoms with van der Waals surface area (Å²) in [6.45, 7) is 0. The molecule has 102 valence electrons. The average molecular weight is 333 g/mol. The molecule has 4 nitrogen and oxygen atoms in total. The summed E-state index contributed by atoms with van der Waals surface area (Å²) in [7, 11) is 3.29. The Labute approximate surface area is 125 Å². The number of ether oxygens (including phenoxy) is 2. The van der Waals surface area contributed by atoms with Crippen LogP contribution in [0.25, 0.3) is 16.9 Å². The number of rotatable bonds is 3. The van der Waals surface area contributed by atoms with Crippen LogP contribution in [-0.4, -0.2) is 23.6 Å². The number of nitrogens with zero attached hydrogens (tertiary/aromatic N) is 2. The molecule has 0 saturated carbocycles. The maximum atomic E-state index is 5.41. The van der Waals surface area contributed by atoms with Crippen molar-refractivity contribution >= 4 is 21.6 Å². The highest BCUT2D eigenvalue weighted by molar-refractivity contribution is 9.10. The van der Waals surface area contributed by atoms with Gasteiger partial charge in [0.2, 0.25) is 0 Å². The van der Waals surface area contributed by atoms with E-state index >= 15 is 0 Å². The summed E-state index contributed by atoms with van der Waals surface area (Å²) in [5.41, 5.74) is 2.61. The fourth-order valence-corrected chi connectivity index (χ4v) is 2.57. The van der Waals surface area contributed by atoms with E-state index in [0.717, 1.165) is 32.9 Å². The number of hydrogen-bond donors (Lipinski definition) is 0. The van der Waals surface area contributed by atoms with E-state index in [9.17, 15) is 0 Å². The highest BCUT2D eigenvalue weighted by atomic mass is 79.9. The molecule has 1 aromatic carbocycles. The highest BCUT2D eigenvalue weighted by Gasteiger charge is 2.12. The van der Waals surface area contributed by atoms with Crippen molar-refractivity contribution in [1.29, 1.82) is 0 Å². The Balaban J connectivity index is 2.21. The zero-order valence-corrected chi connectivity index (χ0v) is 12.7. The van der Waals surface area contributed by atoms with Crippen LogP contribution in [0.2, 0.25) is 0 Å². The van der Waals surface area contributed by atoms with Crippen LogP contribution in [0.1, 0.15) is 0 Å². The Morgan fingerprint density at radius 2 is 2.00 bits per heavy atom. The molecule has 0 aliphatic rings. The molecule has 2 heterocycles. The van der Waals surface area contributed by atoms with E-state index in [-0.39, 0.29) is 0 Å². The maximum absolute atomic E-state index is 5.41. The Bertz CT molecular complexity index is 768. The predicted octanol–water partition coefficient (Wildman–Crippen LogP) is 3.78. The lowest BCUT2D eigenvalue weighted by molar-refractivity contribution is 0.404. The van der Waals surface area contributed by atoms with Crippen LogP contribution in [0.5, 0.6) is 11.5 Å². The minimum atomic E-state index is 0.769. The number of imidazole rings is 1. The van der Waals surface area contributed by atoms with Gasteiger partial charge in [-0.2, -0.15) is 0 Å². The molecule has 0 saturated heterocycles. The lowest BCUT2D eigenvalue weighted by Crippen LogP contribution is -1.90. The molecule has 0 aliphatic carbocycles. The molecule has 0 fully saturated rings. The van der Waals surface area contributed by atoms with E-state index in [4.69, 9.17) is 9.47 Å². The second-order valence-electron chi connectivity index (χ2n) is 4.28. The smallest absolute Gasteiger partial charge is 0.151 e. The SMILES string of the molecule is COc1ccc(OC)c(-c2cn3cccc(Br)c3n2)c1. The van der Waals surface area contributed by atoms with Crippen molar-refractivity contribution in [2.24, 2.45) is 0 Å². The third kappa shape index (κ3) is 2.14. The fourth-order valence-electron chi connectivity index (χ4n) is 2.12. The number of pyridine rings is 1. The van der Waals surface area contributed by atoms with Gasteiger partial charge in [-0.15, -0.1) is 0 Å². The first kappa shape index (κ1) is 13.0. The Kier molecular flexibility index (Phi) is 3.36. The van der Waals surface area contributed by atoms with Gasteiger partial charge in [0.15, 0.2) is 5.65 Å². The van der Waals surface area contributed by atoms with E-state index in [1.54, 1.807) is 14.2 Å². The molecule has 0 bridgehead atoms. The van der Waals surface area contributed by atoms with E-state index < -0.39 is 0 Å². The molecular formula is C15H13BrN2O2.